The molecule has 0 unspecified atom stereocenters. The molecule has 2 aliphatic heterocycles. The molecule has 0 saturated carbocycles. The minimum absolute atomic E-state index is 0.269. The SMILES string of the molecule is Cc1nc(CN2CCOC[C@@]3(CN(Cc4ccccn4)CCO3)C2)cs1. The normalized spacial score (nSPS) is 25.4. The third-order valence-corrected chi connectivity index (χ3v) is 5.74. The largest absolute Gasteiger partial charge is 0.377 e. The first-order valence-corrected chi connectivity index (χ1v) is 10.1. The molecule has 0 bridgehead atoms. The number of hydrogen-bond acceptors (Lipinski definition) is 7. The predicted molar refractivity (Wildman–Crippen MR) is 101 cm³/mol. The Labute approximate surface area is 158 Å². The molecule has 0 aromatic carbocycles. The molecular formula is C19H26N4O2S. The van der Waals surface area contributed by atoms with E-state index in [4.69, 9.17) is 9.47 Å². The van der Waals surface area contributed by atoms with Gasteiger partial charge in [-0.1, -0.05) is 6.07 Å². The van der Waals surface area contributed by atoms with Gasteiger partial charge in [-0.05, 0) is 19.1 Å². The van der Waals surface area contributed by atoms with Gasteiger partial charge in [-0.15, -0.1) is 11.3 Å². The number of thiazole rings is 1. The van der Waals surface area contributed by atoms with Crippen molar-refractivity contribution in [1.82, 2.24) is 19.8 Å². The van der Waals surface area contributed by atoms with Crippen molar-refractivity contribution >= 4 is 11.3 Å². The van der Waals surface area contributed by atoms with Crippen molar-refractivity contribution in [2.45, 2.75) is 25.6 Å². The minimum atomic E-state index is -0.269. The van der Waals surface area contributed by atoms with E-state index < -0.39 is 0 Å². The van der Waals surface area contributed by atoms with E-state index in [1.54, 1.807) is 11.3 Å². The van der Waals surface area contributed by atoms with Crippen LogP contribution in [0.2, 0.25) is 0 Å². The number of pyridine rings is 1. The molecule has 4 rings (SSSR count). The highest BCUT2D eigenvalue weighted by atomic mass is 32.1. The highest BCUT2D eigenvalue weighted by molar-refractivity contribution is 7.09. The van der Waals surface area contributed by atoms with Gasteiger partial charge in [-0.2, -0.15) is 0 Å². The summed E-state index contributed by atoms with van der Waals surface area (Å²) in [5.41, 5.74) is 1.98. The molecule has 140 valence electrons. The first-order chi connectivity index (χ1) is 12.7. The van der Waals surface area contributed by atoms with E-state index in [0.717, 1.165) is 68.9 Å². The molecule has 0 N–H and O–H groups in total. The average Bonchev–Trinajstić information content (AvgIpc) is 2.94. The fourth-order valence-electron chi connectivity index (χ4n) is 3.79. The smallest absolute Gasteiger partial charge is 0.117 e. The Kier molecular flexibility index (Phi) is 5.61. The number of nitrogens with zero attached hydrogens (tertiary/aromatic N) is 4. The summed E-state index contributed by atoms with van der Waals surface area (Å²) in [5.74, 6) is 0. The maximum absolute atomic E-state index is 6.28. The van der Waals surface area contributed by atoms with Crippen molar-refractivity contribution < 1.29 is 9.47 Å². The number of rotatable bonds is 4. The van der Waals surface area contributed by atoms with Crippen LogP contribution in [-0.2, 0) is 22.6 Å². The molecule has 0 amide bonds. The first kappa shape index (κ1) is 18.0. The summed E-state index contributed by atoms with van der Waals surface area (Å²) in [4.78, 5) is 13.9. The van der Waals surface area contributed by atoms with Gasteiger partial charge in [0.1, 0.15) is 5.60 Å². The average molecular weight is 375 g/mol. The lowest BCUT2D eigenvalue weighted by atomic mass is 10.0. The zero-order valence-electron chi connectivity index (χ0n) is 15.3. The molecule has 7 heteroatoms. The van der Waals surface area contributed by atoms with E-state index >= 15 is 0 Å². The van der Waals surface area contributed by atoms with Crippen LogP contribution in [0.15, 0.2) is 29.8 Å². The minimum Gasteiger partial charge on any atom is -0.377 e. The standard InChI is InChI=1S/C19H26N4O2S/c1-16-21-18(12-26-16)11-22-6-8-24-15-19(13-22)14-23(7-9-25-19)10-17-4-2-3-5-20-17/h2-5,12H,6-11,13-15H2,1H3/t19-/m0/s1. The van der Waals surface area contributed by atoms with E-state index in [-0.39, 0.29) is 5.60 Å². The Morgan fingerprint density at radius 1 is 1.12 bits per heavy atom. The summed E-state index contributed by atoms with van der Waals surface area (Å²) in [6.07, 6.45) is 1.86. The van der Waals surface area contributed by atoms with E-state index in [1.165, 1.54) is 0 Å². The van der Waals surface area contributed by atoms with Crippen LogP contribution in [-0.4, -0.2) is 71.4 Å². The van der Waals surface area contributed by atoms with Crippen LogP contribution < -0.4 is 0 Å². The Morgan fingerprint density at radius 3 is 2.65 bits per heavy atom. The number of hydrogen-bond donors (Lipinski definition) is 0. The van der Waals surface area contributed by atoms with Crippen LogP contribution in [0, 0.1) is 6.92 Å². The second-order valence-electron chi connectivity index (χ2n) is 7.18. The summed E-state index contributed by atoms with van der Waals surface area (Å²) in [5, 5.41) is 3.28. The lowest BCUT2D eigenvalue weighted by molar-refractivity contribution is -0.143. The van der Waals surface area contributed by atoms with Crippen molar-refractivity contribution in [2.24, 2.45) is 0 Å². The van der Waals surface area contributed by atoms with Crippen LogP contribution in [0.25, 0.3) is 0 Å². The van der Waals surface area contributed by atoms with E-state index in [9.17, 15) is 0 Å². The first-order valence-electron chi connectivity index (χ1n) is 9.18. The number of aromatic nitrogens is 2. The maximum atomic E-state index is 6.28. The van der Waals surface area contributed by atoms with E-state index in [2.05, 4.69) is 38.1 Å². The van der Waals surface area contributed by atoms with Crippen LogP contribution in [0.4, 0.5) is 0 Å². The Morgan fingerprint density at radius 2 is 1.92 bits per heavy atom. The van der Waals surface area contributed by atoms with Crippen molar-refractivity contribution in [2.75, 3.05) is 46.0 Å². The van der Waals surface area contributed by atoms with Crippen molar-refractivity contribution in [1.29, 1.82) is 0 Å². The molecule has 0 aliphatic carbocycles. The molecule has 1 atom stereocenters. The summed E-state index contributed by atoms with van der Waals surface area (Å²) >= 11 is 1.71. The highest BCUT2D eigenvalue weighted by Crippen LogP contribution is 2.24. The third kappa shape index (κ3) is 4.47. The number of morpholine rings is 1. The molecular weight excluding hydrogens is 348 g/mol. The fourth-order valence-corrected chi connectivity index (χ4v) is 4.39. The van der Waals surface area contributed by atoms with Crippen LogP contribution in [0.5, 0.6) is 0 Å². The highest BCUT2D eigenvalue weighted by Gasteiger charge is 2.40. The maximum Gasteiger partial charge on any atom is 0.117 e. The molecule has 6 nitrogen and oxygen atoms in total. The van der Waals surface area contributed by atoms with Gasteiger partial charge in [0.15, 0.2) is 0 Å². The molecule has 2 aromatic heterocycles. The molecule has 2 aromatic rings. The van der Waals surface area contributed by atoms with Crippen LogP contribution in [0.3, 0.4) is 0 Å². The van der Waals surface area contributed by atoms with Crippen molar-refractivity contribution in [3.8, 4) is 0 Å². The Bertz CT molecular complexity index is 711. The van der Waals surface area contributed by atoms with Gasteiger partial charge in [0.05, 0.1) is 36.2 Å². The molecule has 26 heavy (non-hydrogen) atoms. The van der Waals surface area contributed by atoms with Crippen LogP contribution in [0.1, 0.15) is 16.4 Å². The predicted octanol–water partition coefficient (Wildman–Crippen LogP) is 1.95. The third-order valence-electron chi connectivity index (χ3n) is 4.92. The molecule has 4 heterocycles. The fraction of sp³-hybridized carbons (Fsp3) is 0.579. The Balaban J connectivity index is 1.43. The lowest BCUT2D eigenvalue weighted by Gasteiger charge is -2.43. The van der Waals surface area contributed by atoms with Gasteiger partial charge in [-0.3, -0.25) is 14.8 Å². The molecule has 0 radical (unpaired) electrons. The summed E-state index contributed by atoms with van der Waals surface area (Å²) < 4.78 is 12.2. The van der Waals surface area contributed by atoms with Crippen LogP contribution >= 0.6 is 11.3 Å². The van der Waals surface area contributed by atoms with Gasteiger partial charge in [0, 0.05) is 50.8 Å². The van der Waals surface area contributed by atoms with E-state index in [1.807, 2.05) is 18.3 Å². The monoisotopic (exact) mass is 374 g/mol. The van der Waals surface area contributed by atoms with Gasteiger partial charge in [-0.25, -0.2) is 4.98 Å². The number of aryl methyl sites for hydroxylation is 1. The quantitative estimate of drug-likeness (QED) is 0.815. The second kappa shape index (κ2) is 8.10. The summed E-state index contributed by atoms with van der Waals surface area (Å²) in [6.45, 7) is 9.51. The molecule has 1 spiro atoms. The van der Waals surface area contributed by atoms with Crippen molar-refractivity contribution in [3.63, 3.8) is 0 Å². The zero-order valence-corrected chi connectivity index (χ0v) is 16.1. The van der Waals surface area contributed by atoms with Gasteiger partial charge < -0.3 is 9.47 Å². The van der Waals surface area contributed by atoms with E-state index in [0.29, 0.717) is 6.61 Å². The number of ether oxygens (including phenoxy) is 2. The second-order valence-corrected chi connectivity index (χ2v) is 8.25. The van der Waals surface area contributed by atoms with Gasteiger partial charge in [0.25, 0.3) is 0 Å². The zero-order chi connectivity index (χ0) is 17.8. The topological polar surface area (TPSA) is 50.7 Å². The lowest BCUT2D eigenvalue weighted by Crippen LogP contribution is -2.58. The summed E-state index contributed by atoms with van der Waals surface area (Å²) in [6, 6.07) is 6.09. The summed E-state index contributed by atoms with van der Waals surface area (Å²) in [7, 11) is 0. The molecule has 2 fully saturated rings. The molecule has 2 aliphatic rings. The van der Waals surface area contributed by atoms with Gasteiger partial charge in [0.2, 0.25) is 0 Å². The Hall–Kier alpha value is -1.38. The van der Waals surface area contributed by atoms with Crippen molar-refractivity contribution in [3.05, 3.63) is 46.2 Å². The van der Waals surface area contributed by atoms with Gasteiger partial charge >= 0.3 is 0 Å². The molecule has 2 saturated heterocycles.